The van der Waals surface area contributed by atoms with Crippen LogP contribution in [0.1, 0.15) is 46.5 Å². The monoisotopic (exact) mass is 253 g/mol. The van der Waals surface area contributed by atoms with E-state index in [1.54, 1.807) is 0 Å². The van der Waals surface area contributed by atoms with Crippen LogP contribution in [0.3, 0.4) is 0 Å². The molecule has 0 radical (unpaired) electrons. The van der Waals surface area contributed by atoms with E-state index in [4.69, 9.17) is 4.74 Å². The van der Waals surface area contributed by atoms with Crippen LogP contribution in [0.15, 0.2) is 0 Å². The SMILES string of the molecule is CCOC(=O)C1CNCC12CCCC(C(C)C)C2. The predicted octanol–water partition coefficient (Wildman–Crippen LogP) is 2.60. The highest BCUT2D eigenvalue weighted by molar-refractivity contribution is 5.74. The van der Waals surface area contributed by atoms with Crippen molar-refractivity contribution in [3.63, 3.8) is 0 Å². The second kappa shape index (κ2) is 5.60. The number of carbonyl (C=O) groups excluding carboxylic acids is 1. The van der Waals surface area contributed by atoms with E-state index < -0.39 is 0 Å². The quantitative estimate of drug-likeness (QED) is 0.786. The molecule has 18 heavy (non-hydrogen) atoms. The fraction of sp³-hybridized carbons (Fsp3) is 0.933. The minimum Gasteiger partial charge on any atom is -0.466 e. The fourth-order valence-electron chi connectivity index (χ4n) is 3.87. The molecule has 3 nitrogen and oxygen atoms in total. The number of ether oxygens (including phenoxy) is 1. The maximum absolute atomic E-state index is 12.1. The van der Waals surface area contributed by atoms with Gasteiger partial charge in [0.15, 0.2) is 0 Å². The molecule has 104 valence electrons. The van der Waals surface area contributed by atoms with Crippen molar-refractivity contribution in [2.24, 2.45) is 23.2 Å². The van der Waals surface area contributed by atoms with Crippen molar-refractivity contribution >= 4 is 5.97 Å². The number of rotatable bonds is 3. The summed E-state index contributed by atoms with van der Waals surface area (Å²) < 4.78 is 5.27. The summed E-state index contributed by atoms with van der Waals surface area (Å²) in [6.45, 7) is 8.82. The average molecular weight is 253 g/mol. The summed E-state index contributed by atoms with van der Waals surface area (Å²) in [5.41, 5.74) is 0.180. The largest absolute Gasteiger partial charge is 0.466 e. The molecular formula is C15H27NO2. The Kier molecular flexibility index (Phi) is 4.31. The Hall–Kier alpha value is -0.570. The smallest absolute Gasteiger partial charge is 0.310 e. The summed E-state index contributed by atoms with van der Waals surface area (Å²) in [5.74, 6) is 1.60. The molecule has 0 aromatic carbocycles. The summed E-state index contributed by atoms with van der Waals surface area (Å²) in [4.78, 5) is 12.1. The topological polar surface area (TPSA) is 38.3 Å². The maximum atomic E-state index is 12.1. The highest BCUT2D eigenvalue weighted by Crippen LogP contribution is 2.49. The molecule has 1 aliphatic carbocycles. The number of carbonyl (C=O) groups is 1. The lowest BCUT2D eigenvalue weighted by Gasteiger charge is -2.42. The van der Waals surface area contributed by atoms with Crippen molar-refractivity contribution in [1.29, 1.82) is 0 Å². The number of esters is 1. The van der Waals surface area contributed by atoms with Gasteiger partial charge in [0.2, 0.25) is 0 Å². The lowest BCUT2D eigenvalue weighted by Crippen LogP contribution is -2.41. The van der Waals surface area contributed by atoms with Crippen molar-refractivity contribution < 1.29 is 9.53 Å². The van der Waals surface area contributed by atoms with Crippen LogP contribution in [0.25, 0.3) is 0 Å². The van der Waals surface area contributed by atoms with Crippen LogP contribution in [-0.4, -0.2) is 25.7 Å². The molecule has 3 atom stereocenters. The molecule has 0 aromatic rings. The van der Waals surface area contributed by atoms with Gasteiger partial charge in [0.25, 0.3) is 0 Å². The summed E-state index contributed by atoms with van der Waals surface area (Å²) in [6, 6.07) is 0. The Morgan fingerprint density at radius 3 is 2.94 bits per heavy atom. The molecule has 2 rings (SSSR count). The van der Waals surface area contributed by atoms with Crippen LogP contribution in [0.2, 0.25) is 0 Å². The predicted molar refractivity (Wildman–Crippen MR) is 72.2 cm³/mol. The average Bonchev–Trinajstić information content (AvgIpc) is 2.73. The third-order valence-electron chi connectivity index (χ3n) is 5.00. The Morgan fingerprint density at radius 1 is 1.50 bits per heavy atom. The summed E-state index contributed by atoms with van der Waals surface area (Å²) in [7, 11) is 0. The lowest BCUT2D eigenvalue weighted by molar-refractivity contribution is -0.152. The molecule has 3 unspecified atom stereocenters. The van der Waals surface area contributed by atoms with E-state index in [2.05, 4.69) is 19.2 Å². The van der Waals surface area contributed by atoms with E-state index in [1.807, 2.05) is 6.92 Å². The normalized spacial score (nSPS) is 36.2. The molecule has 1 N–H and O–H groups in total. The number of hydrogen-bond donors (Lipinski definition) is 1. The minimum absolute atomic E-state index is 0.0203. The first kappa shape index (κ1) is 13.9. The first-order chi connectivity index (χ1) is 8.59. The first-order valence-electron chi connectivity index (χ1n) is 7.46. The van der Waals surface area contributed by atoms with Gasteiger partial charge < -0.3 is 10.1 Å². The van der Waals surface area contributed by atoms with Gasteiger partial charge in [0, 0.05) is 13.1 Å². The van der Waals surface area contributed by atoms with Crippen molar-refractivity contribution in [2.45, 2.75) is 46.5 Å². The second-order valence-electron chi connectivity index (χ2n) is 6.40. The van der Waals surface area contributed by atoms with E-state index in [1.165, 1.54) is 25.7 Å². The van der Waals surface area contributed by atoms with E-state index >= 15 is 0 Å². The van der Waals surface area contributed by atoms with Crippen LogP contribution in [0.5, 0.6) is 0 Å². The fourth-order valence-corrected chi connectivity index (χ4v) is 3.87. The van der Waals surface area contributed by atoms with Crippen molar-refractivity contribution in [2.75, 3.05) is 19.7 Å². The van der Waals surface area contributed by atoms with Crippen LogP contribution in [-0.2, 0) is 9.53 Å². The molecule has 1 spiro atoms. The molecule has 2 fully saturated rings. The lowest BCUT2D eigenvalue weighted by atomic mass is 9.62. The number of nitrogens with one attached hydrogen (secondary N) is 1. The highest BCUT2D eigenvalue weighted by Gasteiger charge is 2.49. The second-order valence-corrected chi connectivity index (χ2v) is 6.40. The highest BCUT2D eigenvalue weighted by atomic mass is 16.5. The zero-order valence-corrected chi connectivity index (χ0v) is 12.0. The van der Waals surface area contributed by atoms with Gasteiger partial charge >= 0.3 is 5.97 Å². The molecule has 1 saturated heterocycles. The van der Waals surface area contributed by atoms with Gasteiger partial charge in [0.05, 0.1) is 12.5 Å². The molecule has 0 aromatic heterocycles. The van der Waals surface area contributed by atoms with Crippen LogP contribution < -0.4 is 5.32 Å². The molecule has 0 amide bonds. The zero-order valence-electron chi connectivity index (χ0n) is 12.0. The van der Waals surface area contributed by atoms with Crippen LogP contribution >= 0.6 is 0 Å². The molecule has 2 aliphatic rings. The zero-order chi connectivity index (χ0) is 13.2. The third-order valence-corrected chi connectivity index (χ3v) is 5.00. The molecule has 1 saturated carbocycles. The van der Waals surface area contributed by atoms with Gasteiger partial charge in [-0.25, -0.2) is 0 Å². The molecule has 3 heteroatoms. The summed E-state index contributed by atoms with van der Waals surface area (Å²) >= 11 is 0. The Labute approximate surface area is 111 Å². The molecule has 1 aliphatic heterocycles. The van der Waals surface area contributed by atoms with Gasteiger partial charge in [-0.05, 0) is 37.0 Å². The standard InChI is InChI=1S/C15H27NO2/c1-4-18-14(17)13-9-16-10-15(13)7-5-6-12(8-15)11(2)3/h11-13,16H,4-10H2,1-3H3. The Balaban J connectivity index is 2.10. The van der Waals surface area contributed by atoms with Crippen molar-refractivity contribution in [1.82, 2.24) is 5.32 Å². The van der Waals surface area contributed by atoms with Crippen molar-refractivity contribution in [3.05, 3.63) is 0 Å². The Bertz CT molecular complexity index is 303. The van der Waals surface area contributed by atoms with Gasteiger partial charge in [-0.3, -0.25) is 4.79 Å². The van der Waals surface area contributed by atoms with Gasteiger partial charge in [-0.1, -0.05) is 26.7 Å². The van der Waals surface area contributed by atoms with Crippen LogP contribution in [0, 0.1) is 23.2 Å². The van der Waals surface area contributed by atoms with E-state index in [9.17, 15) is 4.79 Å². The first-order valence-corrected chi connectivity index (χ1v) is 7.46. The van der Waals surface area contributed by atoms with E-state index in [0.717, 1.165) is 24.9 Å². The Morgan fingerprint density at radius 2 is 2.28 bits per heavy atom. The van der Waals surface area contributed by atoms with E-state index in [0.29, 0.717) is 6.61 Å². The van der Waals surface area contributed by atoms with Crippen LogP contribution in [0.4, 0.5) is 0 Å². The number of hydrogen-bond acceptors (Lipinski definition) is 3. The molecule has 1 heterocycles. The summed E-state index contributed by atoms with van der Waals surface area (Å²) in [5, 5.41) is 3.43. The van der Waals surface area contributed by atoms with Crippen molar-refractivity contribution in [3.8, 4) is 0 Å². The summed E-state index contributed by atoms with van der Waals surface area (Å²) in [6.07, 6.45) is 4.98. The van der Waals surface area contributed by atoms with E-state index in [-0.39, 0.29) is 17.3 Å². The molecular weight excluding hydrogens is 226 g/mol. The van der Waals surface area contributed by atoms with Gasteiger partial charge in [0.1, 0.15) is 0 Å². The third kappa shape index (κ3) is 2.56. The van der Waals surface area contributed by atoms with Gasteiger partial charge in [-0.2, -0.15) is 0 Å². The molecule has 0 bridgehead atoms. The minimum atomic E-state index is 0.0203. The maximum Gasteiger partial charge on any atom is 0.310 e. The van der Waals surface area contributed by atoms with Gasteiger partial charge in [-0.15, -0.1) is 0 Å².